The van der Waals surface area contributed by atoms with E-state index in [-0.39, 0.29) is 16.6 Å². The van der Waals surface area contributed by atoms with Gasteiger partial charge in [-0.1, -0.05) is 35.6 Å². The minimum Gasteiger partial charge on any atom is -0.316 e. The number of amides is 1. The van der Waals surface area contributed by atoms with E-state index in [2.05, 4.69) is 0 Å². The van der Waals surface area contributed by atoms with Crippen LogP contribution in [0.4, 0.5) is 13.2 Å². The molecule has 2 heterocycles. The van der Waals surface area contributed by atoms with Crippen LogP contribution in [0.5, 0.6) is 0 Å². The van der Waals surface area contributed by atoms with Gasteiger partial charge in [0.1, 0.15) is 4.32 Å². The van der Waals surface area contributed by atoms with E-state index in [1.165, 1.54) is 22.7 Å². The Morgan fingerprint density at radius 2 is 1.93 bits per heavy atom. The number of nitrogens with zero attached hydrogens (tertiary/aromatic N) is 2. The van der Waals surface area contributed by atoms with Crippen LogP contribution in [-0.4, -0.2) is 26.2 Å². The number of hydrogen-bond donors (Lipinski definition) is 0. The second-order valence-electron chi connectivity index (χ2n) is 6.25. The summed E-state index contributed by atoms with van der Waals surface area (Å²) in [5.41, 5.74) is 1.58. The first kappa shape index (κ1) is 21.0. The third-order valence-corrected chi connectivity index (χ3v) is 6.16. The molecule has 0 N–H and O–H groups in total. The summed E-state index contributed by atoms with van der Waals surface area (Å²) >= 11 is 12.6. The third-order valence-electron chi connectivity index (χ3n) is 4.46. The molecule has 9 heteroatoms. The maximum Gasteiger partial charge on any atom is 0.416 e. The zero-order valence-electron chi connectivity index (χ0n) is 15.2. The normalized spacial score (nSPS) is 16.5. The Balaban J connectivity index is 2.09. The average Bonchev–Trinajstić information content (AvgIpc) is 3.03. The molecule has 2 aromatic rings. The molecule has 1 aromatic carbocycles. The van der Waals surface area contributed by atoms with Crippen molar-refractivity contribution < 1.29 is 18.0 Å². The molecule has 0 aliphatic carbocycles. The van der Waals surface area contributed by atoms with Gasteiger partial charge in [0.15, 0.2) is 0 Å². The molecule has 0 bridgehead atoms. The molecule has 1 aliphatic heterocycles. The number of aryl methyl sites for hydroxylation is 1. The van der Waals surface area contributed by atoms with E-state index in [1.54, 1.807) is 24.5 Å². The lowest BCUT2D eigenvalue weighted by molar-refractivity contribution is -0.137. The first-order valence-corrected chi connectivity index (χ1v) is 9.96. The lowest BCUT2D eigenvalue weighted by atomic mass is 10.2. The number of likely N-dealkylation sites (N-methyl/N-ethyl adjacent to an activating group) is 1. The third kappa shape index (κ3) is 3.73. The molecule has 0 unspecified atom stereocenters. The van der Waals surface area contributed by atoms with Gasteiger partial charge in [0.2, 0.25) is 0 Å². The Bertz CT molecular complexity index is 1010. The number of hydrogen-bond acceptors (Lipinski definition) is 3. The number of carbonyl (C=O) groups is 1. The summed E-state index contributed by atoms with van der Waals surface area (Å²) in [5, 5.41) is 0.207. The van der Waals surface area contributed by atoms with E-state index < -0.39 is 11.7 Å². The van der Waals surface area contributed by atoms with Crippen LogP contribution in [0, 0.1) is 13.8 Å². The zero-order chi connectivity index (χ0) is 20.8. The number of thiocarbonyl (C=S) groups is 1. The Labute approximate surface area is 175 Å². The maximum atomic E-state index is 13.1. The molecule has 1 saturated heterocycles. The molecule has 3 rings (SSSR count). The minimum absolute atomic E-state index is 0.167. The molecule has 1 aliphatic rings. The number of alkyl halides is 3. The van der Waals surface area contributed by atoms with E-state index >= 15 is 0 Å². The Morgan fingerprint density at radius 3 is 2.50 bits per heavy atom. The number of benzene rings is 1. The Hall–Kier alpha value is -1.77. The van der Waals surface area contributed by atoms with Gasteiger partial charge in [-0.2, -0.15) is 13.2 Å². The van der Waals surface area contributed by atoms with Gasteiger partial charge >= 0.3 is 6.18 Å². The second kappa shape index (κ2) is 7.57. The first-order valence-electron chi connectivity index (χ1n) is 8.36. The Kier molecular flexibility index (Phi) is 5.67. The standard InChI is InChI=1S/C19H16ClF3N2OS2/c1-4-24-17(26)16(28-18(24)27)8-12-7-10(2)25(11(12)3)15-9-13(19(21,22)23)5-6-14(15)20/h5-9H,4H2,1-3H3. The van der Waals surface area contributed by atoms with Crippen molar-refractivity contribution >= 4 is 51.9 Å². The number of aromatic nitrogens is 1. The summed E-state index contributed by atoms with van der Waals surface area (Å²) < 4.78 is 41.5. The van der Waals surface area contributed by atoms with Gasteiger partial charge in [0, 0.05) is 17.9 Å². The monoisotopic (exact) mass is 444 g/mol. The molecule has 0 radical (unpaired) electrons. The summed E-state index contributed by atoms with van der Waals surface area (Å²) in [4.78, 5) is 14.4. The van der Waals surface area contributed by atoms with Crippen LogP contribution in [-0.2, 0) is 11.0 Å². The van der Waals surface area contributed by atoms with Crippen LogP contribution in [0.1, 0.15) is 29.4 Å². The maximum absolute atomic E-state index is 13.1. The second-order valence-corrected chi connectivity index (χ2v) is 8.33. The fourth-order valence-electron chi connectivity index (χ4n) is 3.08. The van der Waals surface area contributed by atoms with Crippen molar-refractivity contribution in [2.45, 2.75) is 26.9 Å². The number of carbonyl (C=O) groups excluding carboxylic acids is 1. The molecule has 1 fully saturated rings. The molecule has 1 aromatic heterocycles. The lowest BCUT2D eigenvalue weighted by Crippen LogP contribution is -2.27. The lowest BCUT2D eigenvalue weighted by Gasteiger charge is -2.15. The van der Waals surface area contributed by atoms with Gasteiger partial charge in [0.25, 0.3) is 5.91 Å². The predicted octanol–water partition coefficient (Wildman–Crippen LogP) is 5.99. The van der Waals surface area contributed by atoms with Crippen molar-refractivity contribution in [3.63, 3.8) is 0 Å². The fraction of sp³-hybridized carbons (Fsp3) is 0.263. The van der Waals surface area contributed by atoms with Crippen molar-refractivity contribution in [1.29, 1.82) is 0 Å². The summed E-state index contributed by atoms with van der Waals surface area (Å²) in [5.74, 6) is -0.167. The van der Waals surface area contributed by atoms with Crippen molar-refractivity contribution in [3.8, 4) is 5.69 Å². The highest BCUT2D eigenvalue weighted by Gasteiger charge is 2.32. The van der Waals surface area contributed by atoms with Gasteiger partial charge in [0.05, 0.1) is 21.2 Å². The van der Waals surface area contributed by atoms with Crippen LogP contribution < -0.4 is 0 Å². The largest absolute Gasteiger partial charge is 0.416 e. The molecule has 0 saturated carbocycles. The summed E-state index contributed by atoms with van der Waals surface area (Å²) in [6, 6.07) is 5.04. The van der Waals surface area contributed by atoms with Crippen LogP contribution in [0.3, 0.4) is 0 Å². The summed E-state index contributed by atoms with van der Waals surface area (Å²) in [6.45, 7) is 5.88. The smallest absolute Gasteiger partial charge is 0.316 e. The summed E-state index contributed by atoms with van der Waals surface area (Å²) in [7, 11) is 0. The number of rotatable bonds is 3. The van der Waals surface area contributed by atoms with Crippen molar-refractivity contribution in [2.24, 2.45) is 0 Å². The minimum atomic E-state index is -4.47. The molecule has 0 spiro atoms. The number of thioether (sulfide) groups is 1. The van der Waals surface area contributed by atoms with E-state index in [0.29, 0.717) is 27.2 Å². The van der Waals surface area contributed by atoms with E-state index in [0.717, 1.165) is 17.7 Å². The van der Waals surface area contributed by atoms with Gasteiger partial charge in [-0.05, 0) is 56.7 Å². The molecule has 148 valence electrons. The topological polar surface area (TPSA) is 25.2 Å². The first-order chi connectivity index (χ1) is 13.0. The summed E-state index contributed by atoms with van der Waals surface area (Å²) in [6.07, 6.45) is -2.75. The van der Waals surface area contributed by atoms with Crippen LogP contribution >= 0.6 is 35.6 Å². The van der Waals surface area contributed by atoms with Gasteiger partial charge < -0.3 is 4.57 Å². The van der Waals surface area contributed by atoms with Gasteiger partial charge in [-0.15, -0.1) is 0 Å². The van der Waals surface area contributed by atoms with E-state index in [1.807, 2.05) is 13.0 Å². The number of halogens is 4. The quantitative estimate of drug-likeness (QED) is 0.429. The highest BCUT2D eigenvalue weighted by molar-refractivity contribution is 8.26. The molecular weight excluding hydrogens is 429 g/mol. The molecule has 0 atom stereocenters. The van der Waals surface area contributed by atoms with Gasteiger partial charge in [-0.3, -0.25) is 9.69 Å². The predicted molar refractivity (Wildman–Crippen MR) is 111 cm³/mol. The fourth-order valence-corrected chi connectivity index (χ4v) is 4.66. The van der Waals surface area contributed by atoms with Crippen molar-refractivity contribution in [1.82, 2.24) is 9.47 Å². The van der Waals surface area contributed by atoms with Crippen molar-refractivity contribution in [3.05, 3.63) is 56.7 Å². The van der Waals surface area contributed by atoms with Crippen LogP contribution in [0.25, 0.3) is 11.8 Å². The molecule has 1 amide bonds. The molecule has 3 nitrogen and oxygen atoms in total. The van der Waals surface area contributed by atoms with E-state index in [4.69, 9.17) is 23.8 Å². The SMILES string of the molecule is CCN1C(=O)C(=Cc2cc(C)n(-c3cc(C(F)(F)F)ccc3Cl)c2C)SC1=S. The van der Waals surface area contributed by atoms with Crippen molar-refractivity contribution in [2.75, 3.05) is 6.54 Å². The van der Waals surface area contributed by atoms with Crippen LogP contribution in [0.15, 0.2) is 29.2 Å². The Morgan fingerprint density at radius 1 is 1.25 bits per heavy atom. The highest BCUT2D eigenvalue weighted by atomic mass is 35.5. The molecular formula is C19H16ClF3N2OS2. The molecule has 28 heavy (non-hydrogen) atoms. The van der Waals surface area contributed by atoms with E-state index in [9.17, 15) is 18.0 Å². The van der Waals surface area contributed by atoms with Gasteiger partial charge in [-0.25, -0.2) is 0 Å². The van der Waals surface area contributed by atoms with Crippen LogP contribution in [0.2, 0.25) is 5.02 Å². The highest BCUT2D eigenvalue weighted by Crippen LogP contribution is 2.36. The zero-order valence-corrected chi connectivity index (χ0v) is 17.6. The average molecular weight is 445 g/mol.